The molecule has 2 heterocycles. The van der Waals surface area contributed by atoms with Crippen molar-refractivity contribution in [3.05, 3.63) is 12.2 Å². The summed E-state index contributed by atoms with van der Waals surface area (Å²) in [6.07, 6.45) is 10.1. The smallest absolute Gasteiger partial charge is 0.259 e. The minimum Gasteiger partial charge on any atom is -0.345 e. The summed E-state index contributed by atoms with van der Waals surface area (Å²) >= 11 is 0. The zero-order chi connectivity index (χ0) is 24.5. The van der Waals surface area contributed by atoms with Crippen LogP contribution < -0.4 is 15.4 Å². The molecule has 0 unspecified atom stereocenters. The first-order valence-corrected chi connectivity index (χ1v) is 13.8. The molecular formula is C23H34N4O6S. The van der Waals surface area contributed by atoms with Crippen LogP contribution in [-0.4, -0.2) is 66.4 Å². The van der Waals surface area contributed by atoms with E-state index in [1.165, 1.54) is 11.8 Å². The molecule has 2 aliphatic carbocycles. The van der Waals surface area contributed by atoms with Crippen LogP contribution >= 0.6 is 0 Å². The number of hydrogen-bond acceptors (Lipinski definition) is 6. The summed E-state index contributed by atoms with van der Waals surface area (Å²) in [5.74, 6) is -2.06. The van der Waals surface area contributed by atoms with Gasteiger partial charge in [-0.1, -0.05) is 25.0 Å². The van der Waals surface area contributed by atoms with E-state index in [9.17, 15) is 27.6 Å². The summed E-state index contributed by atoms with van der Waals surface area (Å²) in [6.45, 7) is 1.76. The van der Waals surface area contributed by atoms with Gasteiger partial charge in [-0.15, -0.1) is 0 Å². The van der Waals surface area contributed by atoms with Crippen LogP contribution in [0.4, 0.5) is 0 Å². The van der Waals surface area contributed by atoms with Gasteiger partial charge in [0.25, 0.3) is 5.91 Å². The van der Waals surface area contributed by atoms with Gasteiger partial charge in [-0.3, -0.25) is 23.9 Å². The van der Waals surface area contributed by atoms with Gasteiger partial charge in [0.2, 0.25) is 27.7 Å². The van der Waals surface area contributed by atoms with Crippen molar-refractivity contribution < 1.29 is 27.6 Å². The van der Waals surface area contributed by atoms with Crippen molar-refractivity contribution >= 4 is 33.7 Å². The molecule has 34 heavy (non-hydrogen) atoms. The monoisotopic (exact) mass is 494 g/mol. The third-order valence-electron chi connectivity index (χ3n) is 7.21. The molecule has 2 saturated carbocycles. The van der Waals surface area contributed by atoms with Crippen molar-refractivity contribution in [1.29, 1.82) is 0 Å². The highest BCUT2D eigenvalue weighted by atomic mass is 32.2. The maximum Gasteiger partial charge on any atom is 0.259 e. The molecule has 4 rings (SSSR count). The minimum absolute atomic E-state index is 0.289. The number of sulfonamides is 1. The van der Waals surface area contributed by atoms with E-state index >= 15 is 0 Å². The number of nitrogens with one attached hydrogen (secondary N) is 3. The van der Waals surface area contributed by atoms with Gasteiger partial charge in [0.05, 0.1) is 5.25 Å². The lowest BCUT2D eigenvalue weighted by Gasteiger charge is -2.30. The fourth-order valence-electron chi connectivity index (χ4n) is 5.02. The molecule has 0 spiro atoms. The van der Waals surface area contributed by atoms with Gasteiger partial charge in [0.15, 0.2) is 0 Å². The Morgan fingerprint density at radius 1 is 1.09 bits per heavy atom. The lowest BCUT2D eigenvalue weighted by molar-refractivity contribution is -0.142. The van der Waals surface area contributed by atoms with Crippen molar-refractivity contribution in [2.24, 2.45) is 5.92 Å². The van der Waals surface area contributed by atoms with E-state index in [2.05, 4.69) is 15.4 Å². The van der Waals surface area contributed by atoms with E-state index in [0.29, 0.717) is 45.1 Å². The largest absolute Gasteiger partial charge is 0.345 e. The third-order valence-corrected chi connectivity index (χ3v) is 9.03. The molecule has 4 aliphatic rings. The van der Waals surface area contributed by atoms with Crippen LogP contribution in [0.15, 0.2) is 12.2 Å². The van der Waals surface area contributed by atoms with Crippen LogP contribution in [0.25, 0.3) is 0 Å². The zero-order valence-corrected chi connectivity index (χ0v) is 20.4. The molecule has 0 aromatic rings. The first-order chi connectivity index (χ1) is 16.1. The summed E-state index contributed by atoms with van der Waals surface area (Å²) in [5, 5.41) is 5.00. The number of nitrogens with zero attached hydrogens (tertiary/aromatic N) is 1. The average molecular weight is 495 g/mol. The van der Waals surface area contributed by atoms with E-state index in [1.54, 1.807) is 0 Å². The highest BCUT2D eigenvalue weighted by Gasteiger charge is 2.61. The molecule has 0 aromatic heterocycles. The van der Waals surface area contributed by atoms with E-state index in [1.807, 2.05) is 12.2 Å². The molecule has 10 nitrogen and oxygen atoms in total. The van der Waals surface area contributed by atoms with Crippen molar-refractivity contribution in [2.75, 3.05) is 6.54 Å². The first kappa shape index (κ1) is 24.7. The lowest BCUT2D eigenvalue weighted by atomic mass is 10.0. The second-order valence-electron chi connectivity index (χ2n) is 9.96. The summed E-state index contributed by atoms with van der Waals surface area (Å²) in [5.41, 5.74) is -1.33. The van der Waals surface area contributed by atoms with Gasteiger partial charge in [-0.05, 0) is 51.4 Å². The van der Waals surface area contributed by atoms with Gasteiger partial charge < -0.3 is 15.5 Å². The summed E-state index contributed by atoms with van der Waals surface area (Å²) < 4.78 is 27.0. The van der Waals surface area contributed by atoms with E-state index in [0.717, 1.165) is 25.7 Å². The quantitative estimate of drug-likeness (QED) is 0.486. The molecule has 0 aromatic carbocycles. The first-order valence-electron chi connectivity index (χ1n) is 12.3. The highest BCUT2D eigenvalue weighted by Crippen LogP contribution is 2.46. The number of carbonyl (C=O) groups is 4. The normalized spacial score (nSPS) is 32.5. The number of carbonyl (C=O) groups excluding carboxylic acids is 4. The average Bonchev–Trinajstić information content (AvgIpc) is 3.68. The van der Waals surface area contributed by atoms with E-state index in [-0.39, 0.29) is 17.7 Å². The van der Waals surface area contributed by atoms with Gasteiger partial charge in [-0.25, -0.2) is 8.42 Å². The Hall–Kier alpha value is -2.43. The molecule has 2 aliphatic heterocycles. The van der Waals surface area contributed by atoms with Crippen LogP contribution in [0.2, 0.25) is 0 Å². The minimum atomic E-state index is -3.76. The molecule has 3 fully saturated rings. The topological polar surface area (TPSA) is 142 Å². The Morgan fingerprint density at radius 2 is 1.85 bits per heavy atom. The Balaban J connectivity index is 1.56. The predicted molar refractivity (Wildman–Crippen MR) is 124 cm³/mol. The maximum absolute atomic E-state index is 13.3. The Kier molecular flexibility index (Phi) is 7.02. The SMILES string of the molecule is CC(=O)N[C@H]1CCCCCC=C[C@@H]2C[C@@]2(C(=O)NS(=O)(=O)C2CC2)NC(=O)[C@@H]2CCCN2C1=O. The van der Waals surface area contributed by atoms with Crippen LogP contribution in [0.1, 0.15) is 71.1 Å². The van der Waals surface area contributed by atoms with Crippen LogP contribution in [-0.2, 0) is 29.2 Å². The number of fused-ring (bicyclic) bond motifs is 2. The summed E-state index contributed by atoms with van der Waals surface area (Å²) in [7, 11) is -3.76. The van der Waals surface area contributed by atoms with Crippen LogP contribution in [0.5, 0.6) is 0 Å². The lowest BCUT2D eigenvalue weighted by Crippen LogP contribution is -2.58. The molecule has 188 valence electrons. The summed E-state index contributed by atoms with van der Waals surface area (Å²) in [4.78, 5) is 52.9. The number of amides is 4. The number of rotatable bonds is 4. The van der Waals surface area contributed by atoms with Crippen LogP contribution in [0.3, 0.4) is 0 Å². The predicted octanol–water partition coefficient (Wildman–Crippen LogP) is 0.486. The van der Waals surface area contributed by atoms with Crippen molar-refractivity contribution in [1.82, 2.24) is 20.3 Å². The second-order valence-corrected chi connectivity index (χ2v) is 11.9. The third kappa shape index (κ3) is 5.29. The second kappa shape index (κ2) is 9.67. The van der Waals surface area contributed by atoms with Gasteiger partial charge in [-0.2, -0.15) is 0 Å². The fraction of sp³-hybridized carbons (Fsp3) is 0.739. The van der Waals surface area contributed by atoms with Gasteiger partial charge in [0.1, 0.15) is 17.6 Å². The fourth-order valence-corrected chi connectivity index (χ4v) is 6.38. The number of allylic oxidation sites excluding steroid dienone is 1. The van der Waals surface area contributed by atoms with E-state index in [4.69, 9.17) is 0 Å². The van der Waals surface area contributed by atoms with Crippen molar-refractivity contribution in [2.45, 2.75) is 94.0 Å². The summed E-state index contributed by atoms with van der Waals surface area (Å²) in [6, 6.07) is -1.45. The molecule has 3 N–H and O–H groups in total. The molecule has 0 radical (unpaired) electrons. The maximum atomic E-state index is 13.3. The molecule has 1 saturated heterocycles. The Bertz CT molecular complexity index is 991. The van der Waals surface area contributed by atoms with Crippen molar-refractivity contribution in [3.8, 4) is 0 Å². The number of hydrogen-bond donors (Lipinski definition) is 3. The molecule has 4 amide bonds. The molecule has 0 bridgehead atoms. The van der Waals surface area contributed by atoms with Crippen molar-refractivity contribution in [3.63, 3.8) is 0 Å². The van der Waals surface area contributed by atoms with Gasteiger partial charge >= 0.3 is 0 Å². The van der Waals surface area contributed by atoms with Crippen LogP contribution in [0, 0.1) is 5.92 Å². The molecule has 11 heteroatoms. The van der Waals surface area contributed by atoms with Gasteiger partial charge in [0, 0.05) is 19.4 Å². The van der Waals surface area contributed by atoms with E-state index < -0.39 is 44.7 Å². The molecule has 4 atom stereocenters. The Labute approximate surface area is 200 Å². The zero-order valence-electron chi connectivity index (χ0n) is 19.5. The highest BCUT2D eigenvalue weighted by molar-refractivity contribution is 7.91. The molecular weight excluding hydrogens is 460 g/mol. The Morgan fingerprint density at radius 3 is 2.56 bits per heavy atom. The standard InChI is InChI=1S/C23H34N4O6S/c1-15(28)24-18-9-6-4-2-3-5-8-16-14-23(16,22(31)26-34(32,33)17-11-12-17)25-20(29)19-10-7-13-27(19)21(18)30/h5,8,16-19H,2-4,6-7,9-14H2,1H3,(H,24,28)(H,25,29)(H,26,31)/t16-,18+,19+,23-/m1/s1.